The van der Waals surface area contributed by atoms with Crippen LogP contribution < -0.4 is 0 Å². The fraction of sp³-hybridized carbons (Fsp3) is 0.625. The molecule has 0 saturated heterocycles. The maximum atomic E-state index is 12.9. The minimum Gasteiger partial charge on any atom is -0.207 e. The van der Waals surface area contributed by atoms with Gasteiger partial charge in [0.25, 0.3) is 0 Å². The molecule has 114 valence electrons. The zero-order valence-corrected chi connectivity index (χ0v) is 11.7. The summed E-state index contributed by atoms with van der Waals surface area (Å²) in [6.07, 6.45) is 2.06. The Hall–Kier alpha value is -1.06. The molecular weight excluding hydrogens is 268 g/mol. The highest BCUT2D eigenvalue weighted by Gasteiger charge is 2.25. The Kier molecular flexibility index (Phi) is 7.63. The van der Waals surface area contributed by atoms with Crippen LogP contribution >= 0.6 is 0 Å². The van der Waals surface area contributed by atoms with E-state index in [4.69, 9.17) is 0 Å². The van der Waals surface area contributed by atoms with Crippen LogP contribution in [0.1, 0.15) is 56.9 Å². The summed E-state index contributed by atoms with van der Waals surface area (Å²) in [6.45, 7) is 0. The molecule has 0 amide bonds. The van der Waals surface area contributed by atoms with Gasteiger partial charge in [-0.3, -0.25) is 0 Å². The predicted molar refractivity (Wildman–Crippen MR) is 73.1 cm³/mol. The van der Waals surface area contributed by atoms with Crippen molar-refractivity contribution in [1.29, 1.82) is 0 Å². The largest absolute Gasteiger partial charge is 0.389 e. The van der Waals surface area contributed by atoms with Gasteiger partial charge in [-0.05, 0) is 37.0 Å². The highest BCUT2D eigenvalue weighted by Crippen LogP contribution is 2.23. The molecule has 0 aromatic heterocycles. The molecule has 0 nitrogen and oxygen atoms in total. The fourth-order valence-corrected chi connectivity index (χ4v) is 2.23. The first-order chi connectivity index (χ1) is 9.47. The lowest BCUT2D eigenvalue weighted by Crippen LogP contribution is -2.06. The van der Waals surface area contributed by atoms with E-state index in [9.17, 15) is 17.6 Å². The van der Waals surface area contributed by atoms with Crippen molar-refractivity contribution in [3.05, 3.63) is 35.6 Å². The summed E-state index contributed by atoms with van der Waals surface area (Å²) in [5, 5.41) is 0. The summed E-state index contributed by atoms with van der Waals surface area (Å²) in [6, 6.07) is 6.62. The quantitative estimate of drug-likeness (QED) is 0.383. The van der Waals surface area contributed by atoms with E-state index < -0.39 is 12.6 Å². The van der Waals surface area contributed by atoms with E-state index in [2.05, 4.69) is 0 Å². The van der Waals surface area contributed by atoms with Crippen molar-refractivity contribution < 1.29 is 17.6 Å². The third-order valence-electron chi connectivity index (χ3n) is 3.31. The van der Waals surface area contributed by atoms with Crippen molar-refractivity contribution >= 4 is 0 Å². The van der Waals surface area contributed by atoms with Gasteiger partial charge < -0.3 is 0 Å². The SMILES string of the molecule is Fc1cccc(CCCCCCCCCC(F)(F)F)c1. The molecule has 0 atom stereocenters. The molecule has 0 aliphatic heterocycles. The molecule has 0 unspecified atom stereocenters. The van der Waals surface area contributed by atoms with Gasteiger partial charge in [-0.25, -0.2) is 4.39 Å². The normalized spacial score (nSPS) is 11.8. The monoisotopic (exact) mass is 290 g/mol. The van der Waals surface area contributed by atoms with Crippen molar-refractivity contribution in [2.24, 2.45) is 0 Å². The van der Waals surface area contributed by atoms with Crippen LogP contribution in [0.2, 0.25) is 0 Å². The van der Waals surface area contributed by atoms with Crippen molar-refractivity contribution in [3.8, 4) is 0 Å². The second-order valence-corrected chi connectivity index (χ2v) is 5.22. The molecule has 0 N–H and O–H groups in total. The number of alkyl halides is 3. The van der Waals surface area contributed by atoms with Crippen LogP contribution in [0.4, 0.5) is 17.6 Å². The molecule has 0 spiro atoms. The Bertz CT molecular complexity index is 371. The van der Waals surface area contributed by atoms with Crippen LogP contribution in [0.15, 0.2) is 24.3 Å². The highest BCUT2D eigenvalue weighted by molar-refractivity contribution is 5.16. The summed E-state index contributed by atoms with van der Waals surface area (Å²) >= 11 is 0. The van der Waals surface area contributed by atoms with E-state index >= 15 is 0 Å². The van der Waals surface area contributed by atoms with Crippen LogP contribution in [0.25, 0.3) is 0 Å². The number of benzene rings is 1. The fourth-order valence-electron chi connectivity index (χ4n) is 2.23. The Balaban J connectivity index is 1.93. The molecule has 1 aromatic carbocycles. The lowest BCUT2D eigenvalue weighted by Gasteiger charge is -2.05. The second kappa shape index (κ2) is 8.98. The summed E-state index contributed by atoms with van der Waals surface area (Å²) < 4.78 is 48.6. The number of hydrogen-bond acceptors (Lipinski definition) is 0. The number of rotatable bonds is 9. The van der Waals surface area contributed by atoms with Gasteiger partial charge in [-0.1, -0.05) is 44.2 Å². The molecule has 0 heterocycles. The van der Waals surface area contributed by atoms with E-state index in [1.54, 1.807) is 12.1 Å². The molecule has 0 aliphatic carbocycles. The zero-order chi connectivity index (χ0) is 14.8. The molecule has 4 heteroatoms. The number of halogens is 4. The molecule has 0 aliphatic rings. The maximum absolute atomic E-state index is 12.9. The maximum Gasteiger partial charge on any atom is 0.389 e. The highest BCUT2D eigenvalue weighted by atomic mass is 19.4. The summed E-state index contributed by atoms with van der Waals surface area (Å²) in [5.41, 5.74) is 1.01. The van der Waals surface area contributed by atoms with E-state index in [1.165, 1.54) is 6.07 Å². The van der Waals surface area contributed by atoms with E-state index in [-0.39, 0.29) is 12.2 Å². The Morgan fingerprint density at radius 2 is 1.40 bits per heavy atom. The van der Waals surface area contributed by atoms with Crippen LogP contribution in [-0.2, 0) is 6.42 Å². The van der Waals surface area contributed by atoms with Crippen molar-refractivity contribution in [2.75, 3.05) is 0 Å². The Labute approximate surface area is 118 Å². The topological polar surface area (TPSA) is 0 Å². The van der Waals surface area contributed by atoms with Crippen LogP contribution in [-0.4, -0.2) is 6.18 Å². The smallest absolute Gasteiger partial charge is 0.207 e. The molecule has 0 bridgehead atoms. The molecule has 0 saturated carbocycles. The zero-order valence-electron chi connectivity index (χ0n) is 11.7. The van der Waals surface area contributed by atoms with Crippen LogP contribution in [0.3, 0.4) is 0 Å². The van der Waals surface area contributed by atoms with E-state index in [0.717, 1.165) is 44.1 Å². The van der Waals surface area contributed by atoms with Gasteiger partial charge in [-0.2, -0.15) is 13.2 Å². The average molecular weight is 290 g/mol. The first-order valence-corrected chi connectivity index (χ1v) is 7.28. The van der Waals surface area contributed by atoms with Crippen molar-refractivity contribution in [2.45, 2.75) is 64.0 Å². The second-order valence-electron chi connectivity index (χ2n) is 5.22. The Morgan fingerprint density at radius 3 is 2.00 bits per heavy atom. The summed E-state index contributed by atoms with van der Waals surface area (Å²) in [7, 11) is 0. The standard InChI is InChI=1S/C16H22F4/c17-15-11-8-10-14(13-15)9-6-4-2-1-3-5-7-12-16(18,19)20/h8,10-11,13H,1-7,9,12H2. The molecule has 0 fully saturated rings. The van der Waals surface area contributed by atoms with Gasteiger partial charge in [0.2, 0.25) is 0 Å². The summed E-state index contributed by atoms with van der Waals surface area (Å²) in [5.74, 6) is -0.202. The van der Waals surface area contributed by atoms with Gasteiger partial charge >= 0.3 is 6.18 Å². The van der Waals surface area contributed by atoms with Gasteiger partial charge in [0, 0.05) is 6.42 Å². The number of hydrogen-bond donors (Lipinski definition) is 0. The first kappa shape index (κ1) is 17.0. The Morgan fingerprint density at radius 1 is 0.800 bits per heavy atom. The van der Waals surface area contributed by atoms with Crippen LogP contribution in [0.5, 0.6) is 0 Å². The van der Waals surface area contributed by atoms with E-state index in [1.807, 2.05) is 6.07 Å². The van der Waals surface area contributed by atoms with Crippen LogP contribution in [0, 0.1) is 5.82 Å². The van der Waals surface area contributed by atoms with Crippen molar-refractivity contribution in [1.82, 2.24) is 0 Å². The molecule has 0 radical (unpaired) electrons. The number of aryl methyl sites for hydroxylation is 1. The minimum absolute atomic E-state index is 0.202. The third-order valence-corrected chi connectivity index (χ3v) is 3.31. The molecule has 20 heavy (non-hydrogen) atoms. The van der Waals surface area contributed by atoms with Gasteiger partial charge in [0.05, 0.1) is 0 Å². The number of unbranched alkanes of at least 4 members (excludes halogenated alkanes) is 6. The predicted octanol–water partition coefficient (Wildman–Crippen LogP) is 6.05. The minimum atomic E-state index is -4.01. The van der Waals surface area contributed by atoms with Gasteiger partial charge in [0.15, 0.2) is 0 Å². The van der Waals surface area contributed by atoms with Gasteiger partial charge in [-0.15, -0.1) is 0 Å². The van der Waals surface area contributed by atoms with Crippen molar-refractivity contribution in [3.63, 3.8) is 0 Å². The van der Waals surface area contributed by atoms with E-state index in [0.29, 0.717) is 6.42 Å². The van der Waals surface area contributed by atoms with Gasteiger partial charge in [0.1, 0.15) is 5.82 Å². The first-order valence-electron chi connectivity index (χ1n) is 7.28. The summed E-state index contributed by atoms with van der Waals surface area (Å²) in [4.78, 5) is 0. The average Bonchev–Trinajstić information content (AvgIpc) is 2.35. The molecule has 1 aromatic rings. The molecule has 1 rings (SSSR count). The lowest BCUT2D eigenvalue weighted by atomic mass is 10.0. The lowest BCUT2D eigenvalue weighted by molar-refractivity contribution is -0.135. The third kappa shape index (κ3) is 8.94. The molecular formula is C16H22F4.